The first-order valence-corrected chi connectivity index (χ1v) is 11.4. The van der Waals surface area contributed by atoms with Crippen LogP contribution in [0.15, 0.2) is 66.7 Å². The lowest BCUT2D eigenvalue weighted by Gasteiger charge is -2.33. The molecule has 2 heterocycles. The number of hydrogen-bond donors (Lipinski definition) is 3. The van der Waals surface area contributed by atoms with Crippen molar-refractivity contribution in [2.45, 2.75) is 37.5 Å². The number of amides is 2. The molecule has 1 saturated heterocycles. The van der Waals surface area contributed by atoms with Crippen molar-refractivity contribution >= 4 is 17.5 Å². The fourth-order valence-corrected chi connectivity index (χ4v) is 4.15. The molecule has 2 aromatic carbocycles. The van der Waals surface area contributed by atoms with Crippen LogP contribution in [0, 0.1) is 5.92 Å². The van der Waals surface area contributed by atoms with Crippen LogP contribution in [0.25, 0.3) is 11.1 Å². The number of carbonyl (C=O) groups excluding carboxylic acids is 2. The molecule has 3 N–H and O–H groups in total. The molecule has 0 spiro atoms. The van der Waals surface area contributed by atoms with E-state index >= 15 is 0 Å². The van der Waals surface area contributed by atoms with E-state index in [2.05, 4.69) is 10.6 Å². The Hall–Kier alpha value is -3.00. The second kappa shape index (κ2) is 11.2. The van der Waals surface area contributed by atoms with Gasteiger partial charge in [-0.05, 0) is 36.1 Å². The molecule has 2 amide bonds. The number of carbonyl (C=O) groups is 2. The average molecular weight is 451 g/mol. The van der Waals surface area contributed by atoms with Gasteiger partial charge < -0.3 is 25.2 Å². The van der Waals surface area contributed by atoms with Gasteiger partial charge in [0.05, 0.1) is 25.2 Å². The van der Waals surface area contributed by atoms with E-state index in [9.17, 15) is 14.7 Å². The summed E-state index contributed by atoms with van der Waals surface area (Å²) in [6.45, 7) is 0.928. The Bertz CT molecular complexity index is 954. The monoisotopic (exact) mass is 450 g/mol. The van der Waals surface area contributed by atoms with Crippen LogP contribution in [-0.2, 0) is 19.1 Å². The smallest absolute Gasteiger partial charge is 0.227 e. The fourth-order valence-electron chi connectivity index (χ4n) is 4.15. The van der Waals surface area contributed by atoms with E-state index in [-0.39, 0.29) is 30.8 Å². The minimum Gasteiger partial charge on any atom is -0.394 e. The molecule has 3 atom stereocenters. The summed E-state index contributed by atoms with van der Waals surface area (Å²) >= 11 is 0. The number of rotatable bonds is 7. The van der Waals surface area contributed by atoms with Gasteiger partial charge in [0.1, 0.15) is 6.10 Å². The highest BCUT2D eigenvalue weighted by Gasteiger charge is 2.31. The highest BCUT2D eigenvalue weighted by molar-refractivity contribution is 5.91. The van der Waals surface area contributed by atoms with Crippen molar-refractivity contribution in [1.29, 1.82) is 0 Å². The lowest BCUT2D eigenvalue weighted by Crippen LogP contribution is -2.50. The second-order valence-electron chi connectivity index (χ2n) is 8.40. The van der Waals surface area contributed by atoms with Gasteiger partial charge in [0.25, 0.3) is 0 Å². The standard InChI is InChI=1S/C26H30N2O5/c29-17-24-23(28-26(31)20-12-14-32-15-13-20)11-10-22(33-24)16-25(30)27-21-8-6-19(7-9-21)18-4-2-1-3-5-18/h1-11,20,22-24,29H,12-17H2,(H,27,30)(H,28,31)/t22-,23+,24+/m0/s1. The van der Waals surface area contributed by atoms with Gasteiger partial charge in [-0.15, -0.1) is 0 Å². The predicted molar refractivity (Wildman–Crippen MR) is 125 cm³/mol. The zero-order valence-corrected chi connectivity index (χ0v) is 18.5. The van der Waals surface area contributed by atoms with E-state index in [1.807, 2.05) is 60.7 Å². The van der Waals surface area contributed by atoms with Crippen LogP contribution in [-0.4, -0.2) is 55.0 Å². The van der Waals surface area contributed by atoms with Crippen molar-refractivity contribution in [3.63, 3.8) is 0 Å². The Balaban J connectivity index is 1.29. The first-order valence-electron chi connectivity index (χ1n) is 11.4. The maximum Gasteiger partial charge on any atom is 0.227 e. The summed E-state index contributed by atoms with van der Waals surface area (Å²) in [5, 5.41) is 15.6. The largest absolute Gasteiger partial charge is 0.394 e. The van der Waals surface area contributed by atoms with Crippen molar-refractivity contribution in [3.8, 4) is 11.1 Å². The summed E-state index contributed by atoms with van der Waals surface area (Å²) < 4.78 is 11.2. The number of anilines is 1. The SMILES string of the molecule is O=C(C[C@@H]1C=C[C@@H](NC(=O)C2CCOCC2)[C@@H](CO)O1)Nc1ccc(-c2ccccc2)cc1. The Morgan fingerprint density at radius 2 is 1.64 bits per heavy atom. The van der Waals surface area contributed by atoms with Gasteiger partial charge in [-0.1, -0.05) is 54.6 Å². The van der Waals surface area contributed by atoms with Gasteiger partial charge in [-0.2, -0.15) is 0 Å². The van der Waals surface area contributed by atoms with Gasteiger partial charge in [-0.3, -0.25) is 9.59 Å². The van der Waals surface area contributed by atoms with Gasteiger partial charge in [0.2, 0.25) is 11.8 Å². The number of nitrogens with one attached hydrogen (secondary N) is 2. The summed E-state index contributed by atoms with van der Waals surface area (Å²) in [6, 6.07) is 17.3. The summed E-state index contributed by atoms with van der Waals surface area (Å²) in [6.07, 6.45) is 4.04. The molecular weight excluding hydrogens is 420 g/mol. The topological polar surface area (TPSA) is 96.9 Å². The van der Waals surface area contributed by atoms with Crippen LogP contribution in [0.3, 0.4) is 0 Å². The second-order valence-corrected chi connectivity index (χ2v) is 8.40. The number of aliphatic hydroxyl groups is 1. The highest BCUT2D eigenvalue weighted by Crippen LogP contribution is 2.22. The molecule has 0 saturated carbocycles. The predicted octanol–water partition coefficient (Wildman–Crippen LogP) is 2.91. The molecule has 33 heavy (non-hydrogen) atoms. The maximum atomic E-state index is 12.5. The van der Waals surface area contributed by atoms with Crippen molar-refractivity contribution in [2.24, 2.45) is 5.92 Å². The van der Waals surface area contributed by atoms with Gasteiger partial charge in [-0.25, -0.2) is 0 Å². The van der Waals surface area contributed by atoms with Gasteiger partial charge >= 0.3 is 0 Å². The number of ether oxygens (including phenoxy) is 2. The van der Waals surface area contributed by atoms with Crippen molar-refractivity contribution < 1.29 is 24.2 Å². The Morgan fingerprint density at radius 3 is 2.33 bits per heavy atom. The average Bonchev–Trinajstić information content (AvgIpc) is 2.86. The van der Waals surface area contributed by atoms with E-state index < -0.39 is 18.2 Å². The first kappa shape index (κ1) is 23.2. The normalized spacial score (nSPS) is 23.1. The van der Waals surface area contributed by atoms with Crippen LogP contribution in [0.2, 0.25) is 0 Å². The molecule has 2 aromatic rings. The quantitative estimate of drug-likeness (QED) is 0.564. The van der Waals surface area contributed by atoms with Crippen LogP contribution in [0.4, 0.5) is 5.69 Å². The summed E-state index contributed by atoms with van der Waals surface area (Å²) in [4.78, 5) is 25.0. The molecule has 0 aromatic heterocycles. The van der Waals surface area contributed by atoms with Gasteiger partial charge in [0, 0.05) is 24.8 Å². The Morgan fingerprint density at radius 1 is 0.939 bits per heavy atom. The third-order valence-corrected chi connectivity index (χ3v) is 6.03. The highest BCUT2D eigenvalue weighted by atomic mass is 16.5. The molecule has 1 fully saturated rings. The lowest BCUT2D eigenvalue weighted by atomic mass is 9.97. The van der Waals surface area contributed by atoms with Crippen molar-refractivity contribution in [3.05, 3.63) is 66.7 Å². The molecule has 0 unspecified atom stereocenters. The minimum atomic E-state index is -0.596. The molecule has 174 valence electrons. The number of hydrogen-bond acceptors (Lipinski definition) is 5. The Kier molecular flexibility index (Phi) is 7.88. The van der Waals surface area contributed by atoms with Crippen LogP contribution < -0.4 is 10.6 Å². The lowest BCUT2D eigenvalue weighted by molar-refractivity contribution is -0.131. The summed E-state index contributed by atoms with van der Waals surface area (Å²) in [5.41, 5.74) is 2.90. The van der Waals surface area contributed by atoms with Gasteiger partial charge in [0.15, 0.2) is 0 Å². The Labute approximate surface area is 193 Å². The maximum absolute atomic E-state index is 12.5. The zero-order valence-electron chi connectivity index (χ0n) is 18.5. The molecule has 7 heteroatoms. The number of benzene rings is 2. The summed E-state index contributed by atoms with van der Waals surface area (Å²) in [7, 11) is 0. The molecular formula is C26H30N2O5. The molecule has 4 rings (SSSR count). The van der Waals surface area contributed by atoms with Crippen LogP contribution >= 0.6 is 0 Å². The zero-order chi connectivity index (χ0) is 23.0. The molecule has 7 nitrogen and oxygen atoms in total. The molecule has 0 radical (unpaired) electrons. The van der Waals surface area contributed by atoms with E-state index in [4.69, 9.17) is 9.47 Å². The van der Waals surface area contributed by atoms with Crippen molar-refractivity contribution in [1.82, 2.24) is 5.32 Å². The molecule has 0 aliphatic carbocycles. The molecule has 2 aliphatic rings. The van der Waals surface area contributed by atoms with Crippen molar-refractivity contribution in [2.75, 3.05) is 25.1 Å². The van der Waals surface area contributed by atoms with E-state index in [1.54, 1.807) is 6.08 Å². The third kappa shape index (κ3) is 6.28. The van der Waals surface area contributed by atoms with E-state index in [0.29, 0.717) is 31.7 Å². The number of aliphatic hydroxyl groups excluding tert-OH is 1. The minimum absolute atomic E-state index is 0.0508. The molecule has 2 aliphatic heterocycles. The molecule has 0 bridgehead atoms. The van der Waals surface area contributed by atoms with Crippen LogP contribution in [0.1, 0.15) is 19.3 Å². The third-order valence-electron chi connectivity index (χ3n) is 6.03. The van der Waals surface area contributed by atoms with E-state index in [1.165, 1.54) is 0 Å². The summed E-state index contributed by atoms with van der Waals surface area (Å²) in [5.74, 6) is -0.313. The fraction of sp³-hybridized carbons (Fsp3) is 0.385. The van der Waals surface area contributed by atoms with E-state index in [0.717, 1.165) is 11.1 Å². The first-order chi connectivity index (χ1) is 16.1. The van der Waals surface area contributed by atoms with Crippen LogP contribution in [0.5, 0.6) is 0 Å².